The minimum Gasteiger partial charge on any atom is -0.372 e. The Morgan fingerprint density at radius 2 is 2.09 bits per heavy atom. The Kier molecular flexibility index (Phi) is 2.78. The van der Waals surface area contributed by atoms with E-state index < -0.39 is 19.1 Å². The molecule has 1 saturated carbocycles. The molecule has 0 aromatic heterocycles. The molecule has 0 spiro atoms. The van der Waals surface area contributed by atoms with E-state index in [2.05, 4.69) is 0 Å². The average Bonchev–Trinajstić information content (AvgIpc) is 1.84. The summed E-state index contributed by atoms with van der Waals surface area (Å²) in [5.41, 5.74) is 4.82. The Labute approximate surface area is 64.7 Å². The maximum absolute atomic E-state index is 12.4. The lowest BCUT2D eigenvalue weighted by atomic mass is 9.96. The van der Waals surface area contributed by atoms with Gasteiger partial charge in [0.25, 0.3) is 5.92 Å². The molecule has 0 aromatic rings. The third-order valence-corrected chi connectivity index (χ3v) is 1.88. The minimum atomic E-state index is -2.84. The fraction of sp³-hybridized carbons (Fsp3) is 1.00. The molecule has 0 radical (unpaired) electrons. The molecule has 1 fully saturated rings. The van der Waals surface area contributed by atoms with Crippen molar-refractivity contribution in [2.45, 2.75) is 31.3 Å². The highest BCUT2D eigenvalue weighted by molar-refractivity contribution is 4.72. The highest BCUT2D eigenvalue weighted by Gasteiger charge is 2.29. The second-order valence-corrected chi connectivity index (χ2v) is 2.92. The molecule has 0 saturated heterocycles. The van der Waals surface area contributed by atoms with E-state index in [-0.39, 0.29) is 6.10 Å². The number of nitrogens with two attached hydrogens (primary N) is 1. The van der Waals surface area contributed by atoms with Gasteiger partial charge in [-0.1, -0.05) is 0 Å². The lowest BCUT2D eigenvalue weighted by Crippen LogP contribution is -2.36. The van der Waals surface area contributed by atoms with Gasteiger partial charge in [-0.2, -0.15) is 0 Å². The zero-order chi connectivity index (χ0) is 8.32. The van der Waals surface area contributed by atoms with Gasteiger partial charge in [0, 0.05) is 0 Å². The van der Waals surface area contributed by atoms with Crippen molar-refractivity contribution in [2.75, 3.05) is 13.2 Å². The maximum atomic E-state index is 12.4. The van der Waals surface area contributed by atoms with Crippen LogP contribution in [0.5, 0.6) is 0 Å². The van der Waals surface area contributed by atoms with E-state index >= 15 is 0 Å². The van der Waals surface area contributed by atoms with Crippen LogP contribution in [0, 0.1) is 0 Å². The Morgan fingerprint density at radius 3 is 2.45 bits per heavy atom. The molecule has 0 bridgehead atoms. The van der Waals surface area contributed by atoms with Crippen molar-refractivity contribution in [2.24, 2.45) is 5.73 Å². The van der Waals surface area contributed by atoms with Gasteiger partial charge in [-0.15, -0.1) is 0 Å². The molecule has 1 rings (SSSR count). The van der Waals surface area contributed by atoms with Gasteiger partial charge in [0.1, 0.15) is 6.61 Å². The van der Waals surface area contributed by atoms with Gasteiger partial charge in [0.05, 0.1) is 12.6 Å². The molecule has 0 aromatic carbocycles. The van der Waals surface area contributed by atoms with Crippen molar-refractivity contribution < 1.29 is 13.5 Å². The lowest BCUT2D eigenvalue weighted by molar-refractivity contribution is -0.109. The van der Waals surface area contributed by atoms with Crippen molar-refractivity contribution in [3.8, 4) is 0 Å². The zero-order valence-corrected chi connectivity index (χ0v) is 6.35. The van der Waals surface area contributed by atoms with Gasteiger partial charge in [-0.05, 0) is 19.3 Å². The summed E-state index contributed by atoms with van der Waals surface area (Å²) >= 11 is 0. The summed E-state index contributed by atoms with van der Waals surface area (Å²) in [6.07, 6.45) is 2.99. The molecule has 0 aliphatic heterocycles. The Bertz CT molecular complexity index is 126. The fourth-order valence-electron chi connectivity index (χ4n) is 0.836. The van der Waals surface area contributed by atoms with Crippen LogP contribution in [0.3, 0.4) is 0 Å². The van der Waals surface area contributed by atoms with Crippen LogP contribution >= 0.6 is 0 Å². The first-order chi connectivity index (χ1) is 5.14. The number of hydrogen-bond donors (Lipinski definition) is 1. The molecular weight excluding hydrogens is 152 g/mol. The van der Waals surface area contributed by atoms with E-state index in [4.69, 9.17) is 10.5 Å². The summed E-state index contributed by atoms with van der Waals surface area (Å²) in [6.45, 7) is -1.14. The van der Waals surface area contributed by atoms with Crippen LogP contribution in [0.2, 0.25) is 0 Å². The van der Waals surface area contributed by atoms with Gasteiger partial charge in [0.15, 0.2) is 0 Å². The van der Waals surface area contributed by atoms with E-state index in [1.807, 2.05) is 0 Å². The smallest absolute Gasteiger partial charge is 0.282 e. The summed E-state index contributed by atoms with van der Waals surface area (Å²) < 4.78 is 29.8. The van der Waals surface area contributed by atoms with Gasteiger partial charge >= 0.3 is 0 Å². The summed E-state index contributed by atoms with van der Waals surface area (Å²) in [4.78, 5) is 0. The normalized spacial score (nSPS) is 19.9. The largest absolute Gasteiger partial charge is 0.372 e. The summed E-state index contributed by atoms with van der Waals surface area (Å²) in [7, 11) is 0. The van der Waals surface area contributed by atoms with E-state index in [1.54, 1.807) is 0 Å². The molecule has 0 amide bonds. The van der Waals surface area contributed by atoms with Crippen molar-refractivity contribution in [1.29, 1.82) is 0 Å². The first-order valence-electron chi connectivity index (χ1n) is 3.83. The monoisotopic (exact) mass is 165 g/mol. The summed E-state index contributed by atoms with van der Waals surface area (Å²) in [5, 5.41) is 0. The third kappa shape index (κ3) is 2.71. The fourth-order valence-corrected chi connectivity index (χ4v) is 0.836. The SMILES string of the molecule is NCC(F)(F)COC1CCC1. The first-order valence-corrected chi connectivity index (χ1v) is 3.83. The molecule has 0 heterocycles. The van der Waals surface area contributed by atoms with Crippen LogP contribution in [-0.2, 0) is 4.74 Å². The van der Waals surface area contributed by atoms with Crippen LogP contribution in [0.15, 0.2) is 0 Å². The van der Waals surface area contributed by atoms with Gasteiger partial charge < -0.3 is 10.5 Å². The molecule has 4 heteroatoms. The third-order valence-electron chi connectivity index (χ3n) is 1.88. The second-order valence-electron chi connectivity index (χ2n) is 2.92. The van der Waals surface area contributed by atoms with Crippen LogP contribution in [0.25, 0.3) is 0 Å². The standard InChI is InChI=1S/C7H13F2NO/c8-7(9,4-10)5-11-6-2-1-3-6/h6H,1-5,10H2. The number of hydrogen-bond acceptors (Lipinski definition) is 2. The molecule has 1 aliphatic carbocycles. The van der Waals surface area contributed by atoms with E-state index in [1.165, 1.54) is 0 Å². The molecule has 66 valence electrons. The quantitative estimate of drug-likeness (QED) is 0.678. The number of alkyl halides is 2. The first kappa shape index (κ1) is 8.87. The molecular formula is C7H13F2NO. The van der Waals surface area contributed by atoms with Crippen molar-refractivity contribution >= 4 is 0 Å². The Hall–Kier alpha value is -0.220. The minimum absolute atomic E-state index is 0.0624. The molecule has 0 atom stereocenters. The number of halogens is 2. The van der Waals surface area contributed by atoms with Crippen molar-refractivity contribution in [1.82, 2.24) is 0 Å². The topological polar surface area (TPSA) is 35.2 Å². The van der Waals surface area contributed by atoms with E-state index in [0.29, 0.717) is 0 Å². The zero-order valence-electron chi connectivity index (χ0n) is 6.35. The van der Waals surface area contributed by atoms with Crippen molar-refractivity contribution in [3.63, 3.8) is 0 Å². The highest BCUT2D eigenvalue weighted by Crippen LogP contribution is 2.24. The second kappa shape index (κ2) is 3.45. The molecule has 1 aliphatic rings. The molecule has 11 heavy (non-hydrogen) atoms. The van der Waals surface area contributed by atoms with E-state index in [0.717, 1.165) is 19.3 Å². The van der Waals surface area contributed by atoms with Crippen LogP contribution in [0.1, 0.15) is 19.3 Å². The van der Waals surface area contributed by atoms with Gasteiger partial charge in [0.2, 0.25) is 0 Å². The van der Waals surface area contributed by atoms with Gasteiger partial charge in [-0.25, -0.2) is 8.78 Å². The van der Waals surface area contributed by atoms with Crippen LogP contribution in [0.4, 0.5) is 8.78 Å². The van der Waals surface area contributed by atoms with Crippen molar-refractivity contribution in [3.05, 3.63) is 0 Å². The Morgan fingerprint density at radius 1 is 1.45 bits per heavy atom. The number of rotatable bonds is 4. The number of ether oxygens (including phenoxy) is 1. The van der Waals surface area contributed by atoms with Gasteiger partial charge in [-0.3, -0.25) is 0 Å². The predicted molar refractivity (Wildman–Crippen MR) is 37.6 cm³/mol. The summed E-state index contributed by atoms with van der Waals surface area (Å²) in [5.74, 6) is -2.84. The predicted octanol–water partition coefficient (Wildman–Crippen LogP) is 1.15. The Balaban J connectivity index is 2.09. The van der Waals surface area contributed by atoms with Crippen LogP contribution in [-0.4, -0.2) is 25.2 Å². The molecule has 2 nitrogen and oxygen atoms in total. The lowest BCUT2D eigenvalue weighted by Gasteiger charge is -2.27. The summed E-state index contributed by atoms with van der Waals surface area (Å²) in [6, 6.07) is 0. The van der Waals surface area contributed by atoms with Crippen LogP contribution < -0.4 is 5.73 Å². The highest BCUT2D eigenvalue weighted by atomic mass is 19.3. The molecule has 0 unspecified atom stereocenters. The average molecular weight is 165 g/mol. The maximum Gasteiger partial charge on any atom is 0.282 e. The molecule has 2 N–H and O–H groups in total. The van der Waals surface area contributed by atoms with E-state index in [9.17, 15) is 8.78 Å².